The summed E-state index contributed by atoms with van der Waals surface area (Å²) in [6.07, 6.45) is 3.14. The van der Waals surface area contributed by atoms with Crippen LogP contribution >= 0.6 is 31.9 Å². The minimum atomic E-state index is -0.485. The maximum absolute atomic E-state index is 12.1. The van der Waals surface area contributed by atoms with E-state index in [4.69, 9.17) is 15.3 Å². The first-order valence-electron chi connectivity index (χ1n) is 13.1. The monoisotopic (exact) mass is 712 g/mol. The Kier molecular flexibility index (Phi) is 9.03. The van der Waals surface area contributed by atoms with Crippen LogP contribution in [-0.4, -0.2) is 56.0 Å². The first kappa shape index (κ1) is 30.1. The molecule has 4 N–H and O–H groups in total. The van der Waals surface area contributed by atoms with E-state index in [-0.39, 0.29) is 37.0 Å². The van der Waals surface area contributed by atoms with Crippen molar-refractivity contribution in [1.29, 1.82) is 0 Å². The first-order chi connectivity index (χ1) is 20.8. The van der Waals surface area contributed by atoms with E-state index in [1.165, 1.54) is 6.33 Å². The first-order valence-corrected chi connectivity index (χ1v) is 14.7. The number of nitrogens with one attached hydrogen (secondary N) is 2. The largest absolute Gasteiger partial charge is 0.461 e. The molecule has 4 heterocycles. The fraction of sp³-hybridized carbons (Fsp3) is 0.214. The van der Waals surface area contributed by atoms with Crippen LogP contribution in [0, 0.1) is 0 Å². The summed E-state index contributed by atoms with van der Waals surface area (Å²) >= 11 is 6.79. The number of esters is 2. The molecule has 15 heteroatoms. The fourth-order valence-electron chi connectivity index (χ4n) is 4.65. The molecule has 0 spiro atoms. The van der Waals surface area contributed by atoms with Gasteiger partial charge in [-0.15, -0.1) is 0 Å². The van der Waals surface area contributed by atoms with Crippen LogP contribution in [0.5, 0.6) is 0 Å². The Morgan fingerprint density at radius 2 is 1.44 bits per heavy atom. The van der Waals surface area contributed by atoms with E-state index in [2.05, 4.69) is 57.6 Å². The van der Waals surface area contributed by atoms with E-state index in [1.807, 2.05) is 34.9 Å². The summed E-state index contributed by atoms with van der Waals surface area (Å²) in [4.78, 5) is 48.8. The predicted molar refractivity (Wildman–Crippen MR) is 163 cm³/mol. The molecule has 0 radical (unpaired) electrons. The van der Waals surface area contributed by atoms with Crippen LogP contribution in [-0.2, 0) is 22.6 Å². The number of hydrazine groups is 1. The zero-order valence-electron chi connectivity index (χ0n) is 23.1. The van der Waals surface area contributed by atoms with Gasteiger partial charge >= 0.3 is 11.9 Å². The molecule has 13 nitrogen and oxygen atoms in total. The number of rotatable bonds is 4. The van der Waals surface area contributed by atoms with Crippen LogP contribution in [0.1, 0.15) is 62.1 Å². The smallest absolute Gasteiger partial charge is 0.358 e. The number of carbonyl (C=O) groups is 3. The standard InChI is InChI=1S/C14H14BrN5O2.C14H12BrN3O3/c1-2-22-14(21)12-11-6-17-13(19-16)9-5-8(15)3-4-10(9)20(11)7-18-12;1-2-21-14(20)12-11-6-16-13(19)9-5-8(15)3-4-10(9)18(11)7-17-12/h3-5,7H,2,6,16H2,1H3,(H,17,19);3-5,7H,2,6H2,1H3,(H,16,19). The summed E-state index contributed by atoms with van der Waals surface area (Å²) in [5, 5.41) is 2.78. The Morgan fingerprint density at radius 3 is 2.02 bits per heavy atom. The molecule has 6 rings (SSSR count). The number of imidazole rings is 2. The number of nitrogens with zero attached hydrogens (tertiary/aromatic N) is 5. The lowest BCUT2D eigenvalue weighted by Crippen LogP contribution is -2.31. The maximum atomic E-state index is 12.1. The van der Waals surface area contributed by atoms with Gasteiger partial charge in [0.15, 0.2) is 11.4 Å². The number of carbonyl (C=O) groups excluding carboxylic acids is 3. The molecule has 0 unspecified atom stereocenters. The number of aliphatic imine (C=N–C) groups is 1. The van der Waals surface area contributed by atoms with Gasteiger partial charge in [-0.25, -0.2) is 25.4 Å². The van der Waals surface area contributed by atoms with Gasteiger partial charge in [0, 0.05) is 14.5 Å². The fourth-order valence-corrected chi connectivity index (χ4v) is 5.37. The predicted octanol–water partition coefficient (Wildman–Crippen LogP) is 3.59. The Bertz CT molecular complexity index is 1760. The van der Waals surface area contributed by atoms with Crippen LogP contribution in [0.15, 0.2) is 63.0 Å². The average molecular weight is 714 g/mol. The van der Waals surface area contributed by atoms with E-state index >= 15 is 0 Å². The number of benzene rings is 2. The number of hydrogen-bond donors (Lipinski definition) is 3. The molecule has 0 fully saturated rings. The van der Waals surface area contributed by atoms with E-state index < -0.39 is 11.9 Å². The molecular weight excluding hydrogens is 688 g/mol. The summed E-state index contributed by atoms with van der Waals surface area (Å²) in [6.45, 7) is 4.57. The molecule has 0 saturated heterocycles. The number of nitrogens with two attached hydrogens (primary N) is 1. The van der Waals surface area contributed by atoms with Gasteiger partial charge in [0.2, 0.25) is 0 Å². The highest BCUT2D eigenvalue weighted by Crippen LogP contribution is 2.27. The van der Waals surface area contributed by atoms with Crippen LogP contribution < -0.4 is 16.6 Å². The van der Waals surface area contributed by atoms with Crippen molar-refractivity contribution in [2.45, 2.75) is 26.9 Å². The second-order valence-corrected chi connectivity index (χ2v) is 10.9. The van der Waals surface area contributed by atoms with Gasteiger partial charge in [-0.2, -0.15) is 0 Å². The van der Waals surface area contributed by atoms with Crippen molar-refractivity contribution in [2.75, 3.05) is 13.2 Å². The number of halogens is 2. The molecule has 0 aliphatic carbocycles. The van der Waals surface area contributed by atoms with Crippen molar-refractivity contribution in [1.82, 2.24) is 29.8 Å². The molecule has 2 aromatic carbocycles. The van der Waals surface area contributed by atoms with Gasteiger partial charge in [0.25, 0.3) is 5.91 Å². The molecule has 222 valence electrons. The quantitative estimate of drug-likeness (QED) is 0.163. The van der Waals surface area contributed by atoms with E-state index in [9.17, 15) is 14.4 Å². The normalized spacial score (nSPS) is 12.9. The van der Waals surface area contributed by atoms with Crippen molar-refractivity contribution < 1.29 is 23.9 Å². The van der Waals surface area contributed by atoms with Gasteiger partial charge in [-0.3, -0.25) is 18.9 Å². The van der Waals surface area contributed by atoms with Crippen molar-refractivity contribution >= 4 is 55.5 Å². The molecule has 1 amide bonds. The third-order valence-electron chi connectivity index (χ3n) is 6.55. The van der Waals surface area contributed by atoms with Crippen LogP contribution in [0.2, 0.25) is 0 Å². The third-order valence-corrected chi connectivity index (χ3v) is 7.53. The van der Waals surface area contributed by atoms with Crippen LogP contribution in [0.4, 0.5) is 0 Å². The molecule has 0 bridgehead atoms. The van der Waals surface area contributed by atoms with Crippen molar-refractivity contribution in [3.63, 3.8) is 0 Å². The van der Waals surface area contributed by atoms with Gasteiger partial charge in [-0.1, -0.05) is 31.9 Å². The Balaban J connectivity index is 0.000000171. The summed E-state index contributed by atoms with van der Waals surface area (Å²) in [5.74, 6) is 5.00. The molecule has 2 aliphatic heterocycles. The average Bonchev–Trinajstić information content (AvgIpc) is 3.54. The second kappa shape index (κ2) is 12.9. The van der Waals surface area contributed by atoms with Crippen molar-refractivity contribution in [2.24, 2.45) is 10.8 Å². The van der Waals surface area contributed by atoms with Crippen LogP contribution in [0.3, 0.4) is 0 Å². The Morgan fingerprint density at radius 1 is 0.907 bits per heavy atom. The highest BCUT2D eigenvalue weighted by molar-refractivity contribution is 9.10. The number of amides is 1. The minimum absolute atomic E-state index is 0.190. The third kappa shape index (κ3) is 5.96. The number of ether oxygens (including phenoxy) is 2. The summed E-state index contributed by atoms with van der Waals surface area (Å²) in [7, 11) is 0. The summed E-state index contributed by atoms with van der Waals surface area (Å²) < 4.78 is 15.3. The maximum Gasteiger partial charge on any atom is 0.358 e. The summed E-state index contributed by atoms with van der Waals surface area (Å²) in [6, 6.07) is 11.1. The highest BCUT2D eigenvalue weighted by Gasteiger charge is 2.27. The topological polar surface area (TPSA) is 168 Å². The molecule has 0 saturated carbocycles. The van der Waals surface area contributed by atoms with E-state index in [0.29, 0.717) is 35.1 Å². The SMILES string of the molecule is CCOC(=O)c1ncn2c1CN=C(NN)c1cc(Br)ccc1-2.CCOC(=O)c1ncn2c1CNC(=O)c1cc(Br)ccc1-2. The lowest BCUT2D eigenvalue weighted by atomic mass is 10.1. The van der Waals surface area contributed by atoms with Crippen LogP contribution in [0.25, 0.3) is 11.4 Å². The number of aromatic nitrogens is 4. The van der Waals surface area contributed by atoms with Gasteiger partial charge in [-0.05, 0) is 50.2 Å². The zero-order valence-corrected chi connectivity index (χ0v) is 26.2. The van der Waals surface area contributed by atoms with Crippen molar-refractivity contribution in [3.8, 4) is 11.4 Å². The lowest BCUT2D eigenvalue weighted by Gasteiger charge is -2.11. The van der Waals surface area contributed by atoms with Gasteiger partial charge in [0.05, 0.1) is 54.6 Å². The Labute approximate surface area is 262 Å². The van der Waals surface area contributed by atoms with E-state index in [0.717, 1.165) is 20.2 Å². The van der Waals surface area contributed by atoms with E-state index in [1.54, 1.807) is 30.8 Å². The van der Waals surface area contributed by atoms with Gasteiger partial charge in [0.1, 0.15) is 18.5 Å². The molecule has 0 atom stereocenters. The highest BCUT2D eigenvalue weighted by atomic mass is 79.9. The zero-order chi connectivity index (χ0) is 30.7. The van der Waals surface area contributed by atoms with Gasteiger partial charge < -0.3 is 20.2 Å². The second-order valence-electron chi connectivity index (χ2n) is 9.08. The minimum Gasteiger partial charge on any atom is -0.461 e. The lowest BCUT2D eigenvalue weighted by molar-refractivity contribution is 0.0509. The molecular formula is C28H26Br2N8O5. The van der Waals surface area contributed by atoms with Crippen molar-refractivity contribution in [3.05, 3.63) is 91.9 Å². The molecule has 4 aromatic rings. The molecule has 2 aromatic heterocycles. The number of amidine groups is 1. The number of hydrogen-bond acceptors (Lipinski definition) is 10. The number of fused-ring (bicyclic) bond motifs is 6. The Hall–Kier alpha value is -4.34. The molecule has 43 heavy (non-hydrogen) atoms. The summed E-state index contributed by atoms with van der Waals surface area (Å²) in [5.41, 5.74) is 7.27. The molecule has 2 aliphatic rings.